The van der Waals surface area contributed by atoms with Crippen molar-refractivity contribution >= 4 is 44.5 Å². The van der Waals surface area contributed by atoms with Gasteiger partial charge in [-0.3, -0.25) is 0 Å². The van der Waals surface area contributed by atoms with Crippen molar-refractivity contribution in [2.75, 3.05) is 0 Å². The summed E-state index contributed by atoms with van der Waals surface area (Å²) in [6, 6.07) is 3.00. The predicted octanol–water partition coefficient (Wildman–Crippen LogP) is 2.68. The lowest BCUT2D eigenvalue weighted by Crippen LogP contribution is -1.97. The van der Waals surface area contributed by atoms with Crippen LogP contribution in [0, 0.1) is 0 Å². The van der Waals surface area contributed by atoms with E-state index in [1.807, 2.05) is 0 Å². The van der Waals surface area contributed by atoms with Crippen LogP contribution in [0.3, 0.4) is 0 Å². The van der Waals surface area contributed by atoms with Gasteiger partial charge in [-0.15, -0.1) is 0 Å². The fourth-order valence-corrected chi connectivity index (χ4v) is 1.82. The van der Waals surface area contributed by atoms with E-state index in [9.17, 15) is 4.79 Å². The molecule has 0 aliphatic carbocycles. The first-order valence-electron chi connectivity index (χ1n) is 3.66. The zero-order chi connectivity index (χ0) is 10.3. The number of H-pyrrole nitrogens is 1. The number of fused-ring (bicyclic) bond motifs is 1. The van der Waals surface area contributed by atoms with Crippen molar-refractivity contribution in [3.8, 4) is 0 Å². The largest absolute Gasteiger partial charge is 0.478 e. The molecule has 0 amide bonds. The molecule has 0 aliphatic heterocycles. The second-order valence-electron chi connectivity index (χ2n) is 2.68. The minimum absolute atomic E-state index is 0.0921. The molecule has 6 heteroatoms. The highest BCUT2D eigenvalue weighted by atomic mass is 79.9. The molecular formula is C8H4BrClN2O2. The summed E-state index contributed by atoms with van der Waals surface area (Å²) in [6.07, 6.45) is 0. The van der Waals surface area contributed by atoms with Gasteiger partial charge in [-0.1, -0.05) is 11.6 Å². The smallest absolute Gasteiger partial charge is 0.338 e. The quantitative estimate of drug-likeness (QED) is 0.841. The van der Waals surface area contributed by atoms with Crippen LogP contribution in [0.25, 0.3) is 11.0 Å². The number of aromatic amines is 1. The molecule has 1 aromatic carbocycles. The van der Waals surface area contributed by atoms with Crippen LogP contribution < -0.4 is 0 Å². The van der Waals surface area contributed by atoms with Gasteiger partial charge >= 0.3 is 5.97 Å². The van der Waals surface area contributed by atoms with Gasteiger partial charge in [0.2, 0.25) is 0 Å². The molecule has 0 aliphatic rings. The Bertz CT molecular complexity index is 523. The van der Waals surface area contributed by atoms with E-state index in [-0.39, 0.29) is 5.56 Å². The molecule has 0 unspecified atom stereocenters. The number of aromatic nitrogens is 2. The summed E-state index contributed by atoms with van der Waals surface area (Å²) in [6.45, 7) is 0. The molecule has 1 heterocycles. The molecule has 0 saturated carbocycles. The molecule has 2 aromatic rings. The number of nitrogens with one attached hydrogen (secondary N) is 1. The van der Waals surface area contributed by atoms with Gasteiger partial charge in [-0.25, -0.2) is 9.78 Å². The maximum Gasteiger partial charge on any atom is 0.338 e. The molecule has 14 heavy (non-hydrogen) atoms. The molecular weight excluding hydrogens is 271 g/mol. The van der Waals surface area contributed by atoms with Gasteiger partial charge < -0.3 is 10.1 Å². The van der Waals surface area contributed by atoms with Gasteiger partial charge in [-0.2, -0.15) is 0 Å². The highest BCUT2D eigenvalue weighted by molar-refractivity contribution is 9.10. The van der Waals surface area contributed by atoms with E-state index in [1.165, 1.54) is 6.07 Å². The Hall–Kier alpha value is -1.07. The average molecular weight is 275 g/mol. The number of carbonyl (C=O) groups is 1. The number of rotatable bonds is 1. The maximum atomic E-state index is 10.8. The summed E-state index contributed by atoms with van der Waals surface area (Å²) in [5.41, 5.74) is 1.09. The van der Waals surface area contributed by atoms with Gasteiger partial charge in [0, 0.05) is 5.02 Å². The minimum Gasteiger partial charge on any atom is -0.478 e. The summed E-state index contributed by atoms with van der Waals surface area (Å²) in [5.74, 6) is -1.04. The van der Waals surface area contributed by atoms with Gasteiger partial charge in [0.15, 0.2) is 4.73 Å². The van der Waals surface area contributed by atoms with E-state index in [0.29, 0.717) is 20.8 Å². The fourth-order valence-electron chi connectivity index (χ4n) is 1.22. The molecule has 0 fully saturated rings. The monoisotopic (exact) mass is 274 g/mol. The van der Waals surface area contributed by atoms with E-state index in [1.54, 1.807) is 6.07 Å². The van der Waals surface area contributed by atoms with Gasteiger partial charge in [0.05, 0.1) is 11.1 Å². The second-order valence-corrected chi connectivity index (χ2v) is 3.87. The Kier molecular flexibility index (Phi) is 2.20. The normalized spacial score (nSPS) is 10.7. The van der Waals surface area contributed by atoms with Crippen molar-refractivity contribution in [2.24, 2.45) is 0 Å². The minimum atomic E-state index is -1.04. The van der Waals surface area contributed by atoms with E-state index < -0.39 is 5.97 Å². The second kappa shape index (κ2) is 3.25. The lowest BCUT2D eigenvalue weighted by Gasteiger charge is -1.96. The summed E-state index contributed by atoms with van der Waals surface area (Å²) in [5, 5.41) is 9.26. The molecule has 4 nitrogen and oxygen atoms in total. The lowest BCUT2D eigenvalue weighted by atomic mass is 10.2. The summed E-state index contributed by atoms with van der Waals surface area (Å²) in [7, 11) is 0. The van der Waals surface area contributed by atoms with E-state index >= 15 is 0 Å². The Morgan fingerprint density at radius 1 is 1.57 bits per heavy atom. The highest BCUT2D eigenvalue weighted by Gasteiger charge is 2.13. The van der Waals surface area contributed by atoms with E-state index in [0.717, 1.165) is 0 Å². The molecule has 0 saturated heterocycles. The zero-order valence-electron chi connectivity index (χ0n) is 6.71. The van der Waals surface area contributed by atoms with Crippen LogP contribution in [0.4, 0.5) is 0 Å². The number of carboxylic acid groups (broad SMARTS) is 1. The topological polar surface area (TPSA) is 66.0 Å². The maximum absolute atomic E-state index is 10.8. The van der Waals surface area contributed by atoms with E-state index in [2.05, 4.69) is 25.9 Å². The van der Waals surface area contributed by atoms with Crippen LogP contribution in [0.5, 0.6) is 0 Å². The average Bonchev–Trinajstić information content (AvgIpc) is 2.42. The van der Waals surface area contributed by atoms with Crippen LogP contribution in [0.2, 0.25) is 5.02 Å². The Labute approximate surface area is 92.0 Å². The number of halogens is 2. The number of hydrogen-bond acceptors (Lipinski definition) is 2. The molecule has 1 aromatic heterocycles. The first-order chi connectivity index (χ1) is 6.58. The number of benzene rings is 1. The summed E-state index contributed by atoms with van der Waals surface area (Å²) in [4.78, 5) is 17.7. The van der Waals surface area contributed by atoms with Crippen molar-refractivity contribution in [3.05, 3.63) is 27.5 Å². The van der Waals surface area contributed by atoms with Crippen molar-refractivity contribution in [2.45, 2.75) is 0 Å². The number of aromatic carboxylic acids is 1. The van der Waals surface area contributed by atoms with Gasteiger partial charge in [0.25, 0.3) is 0 Å². The van der Waals surface area contributed by atoms with Crippen LogP contribution >= 0.6 is 27.5 Å². The number of carboxylic acids is 1. The third-order valence-corrected chi connectivity index (χ3v) is 2.35. The number of nitrogens with zero attached hydrogens (tertiary/aromatic N) is 1. The number of hydrogen-bond donors (Lipinski definition) is 2. The zero-order valence-corrected chi connectivity index (χ0v) is 9.06. The van der Waals surface area contributed by atoms with Crippen molar-refractivity contribution in [3.63, 3.8) is 0 Å². The van der Waals surface area contributed by atoms with E-state index in [4.69, 9.17) is 16.7 Å². The molecule has 2 rings (SSSR count). The van der Waals surface area contributed by atoms with Crippen molar-refractivity contribution in [1.29, 1.82) is 0 Å². The van der Waals surface area contributed by atoms with Gasteiger partial charge in [-0.05, 0) is 28.1 Å². The van der Waals surface area contributed by atoms with Crippen molar-refractivity contribution < 1.29 is 9.90 Å². The summed E-state index contributed by atoms with van der Waals surface area (Å²) >= 11 is 8.88. The first kappa shape index (κ1) is 9.48. The molecule has 72 valence electrons. The van der Waals surface area contributed by atoms with Gasteiger partial charge in [0.1, 0.15) is 5.52 Å². The standard InChI is InChI=1S/C8H4BrClN2O2/c9-8-11-5-2-3(10)1-4(7(13)14)6(5)12-8/h1-2H,(H,11,12)(H,13,14). The number of imidazole rings is 1. The first-order valence-corrected chi connectivity index (χ1v) is 4.83. The third kappa shape index (κ3) is 1.49. The molecule has 0 radical (unpaired) electrons. The van der Waals surface area contributed by atoms with Crippen LogP contribution in [0.1, 0.15) is 10.4 Å². The summed E-state index contributed by atoms with van der Waals surface area (Å²) < 4.78 is 0.484. The molecule has 0 bridgehead atoms. The Balaban J connectivity index is 2.85. The van der Waals surface area contributed by atoms with Crippen LogP contribution in [-0.4, -0.2) is 21.0 Å². The van der Waals surface area contributed by atoms with Crippen LogP contribution in [0.15, 0.2) is 16.9 Å². The lowest BCUT2D eigenvalue weighted by molar-refractivity contribution is 0.0699. The predicted molar refractivity (Wildman–Crippen MR) is 55.8 cm³/mol. The van der Waals surface area contributed by atoms with Crippen LogP contribution in [-0.2, 0) is 0 Å². The highest BCUT2D eigenvalue weighted by Crippen LogP contribution is 2.23. The molecule has 0 spiro atoms. The molecule has 0 atom stereocenters. The fraction of sp³-hybridized carbons (Fsp3) is 0. The van der Waals surface area contributed by atoms with Crippen molar-refractivity contribution in [1.82, 2.24) is 9.97 Å². The Morgan fingerprint density at radius 2 is 2.29 bits per heavy atom. The SMILES string of the molecule is O=C(O)c1cc(Cl)cc2[nH]c(Br)nc12. The molecule has 2 N–H and O–H groups in total. The third-order valence-electron chi connectivity index (χ3n) is 1.75. The Morgan fingerprint density at radius 3 is 2.93 bits per heavy atom.